The number of para-hydroxylation sites is 1. The molecule has 0 amide bonds. The van der Waals surface area contributed by atoms with Crippen molar-refractivity contribution in [1.29, 1.82) is 0 Å². The molecule has 212 valence electrons. The smallest absolute Gasteiger partial charge is 0.459 e. The van der Waals surface area contributed by atoms with E-state index in [1.165, 1.54) is 19.1 Å². The number of benzene rings is 1. The second-order valence-corrected chi connectivity index (χ2v) is 11.5. The third-order valence-corrected chi connectivity index (χ3v) is 7.78. The number of ether oxygens (including phenoxy) is 2. The fourth-order valence-electron chi connectivity index (χ4n) is 3.68. The summed E-state index contributed by atoms with van der Waals surface area (Å²) in [6.07, 6.45) is -4.36. The van der Waals surface area contributed by atoms with Gasteiger partial charge >= 0.3 is 13.7 Å². The third kappa shape index (κ3) is 6.43. The van der Waals surface area contributed by atoms with Crippen molar-refractivity contribution in [2.24, 2.45) is 0 Å². The molecule has 0 bridgehead atoms. The molecule has 0 radical (unpaired) electrons. The summed E-state index contributed by atoms with van der Waals surface area (Å²) in [5.41, 5.74) is 5.76. The lowest BCUT2D eigenvalue weighted by Gasteiger charge is -2.25. The molecule has 1 aliphatic rings. The Bertz CT molecular complexity index is 1380. The van der Waals surface area contributed by atoms with Crippen molar-refractivity contribution in [1.82, 2.24) is 24.6 Å². The van der Waals surface area contributed by atoms with E-state index in [0.29, 0.717) is 0 Å². The first kappa shape index (κ1) is 29.4. The number of aliphatic hydroxyl groups excluding tert-OH is 1. The van der Waals surface area contributed by atoms with Gasteiger partial charge < -0.3 is 24.8 Å². The van der Waals surface area contributed by atoms with E-state index in [4.69, 9.17) is 47.5 Å². The lowest BCUT2D eigenvalue weighted by Crippen LogP contribution is -2.40. The zero-order valence-electron chi connectivity index (χ0n) is 20.9. The van der Waals surface area contributed by atoms with Gasteiger partial charge in [-0.15, -0.1) is 0 Å². The van der Waals surface area contributed by atoms with E-state index in [0.717, 1.165) is 10.9 Å². The number of carbonyl (C=O) groups excluding carboxylic acids is 1. The monoisotopic (exact) mass is 606 g/mol. The largest absolute Gasteiger partial charge is 0.462 e. The van der Waals surface area contributed by atoms with Gasteiger partial charge in [0.25, 0.3) is 5.13 Å². The SMILES string of the molecule is CC(C)OC(=O)[C@H](C)NP(=O)(OC[C@H]1O[C@@H](n2cnc3c(Cl)nc(N)nc32)C(F)(Cl)[C@H]1O)Oc1ccccc1. The zero-order valence-corrected chi connectivity index (χ0v) is 23.3. The molecule has 4 rings (SSSR count). The summed E-state index contributed by atoms with van der Waals surface area (Å²) in [5, 5.41) is 10.2. The van der Waals surface area contributed by atoms with E-state index >= 15 is 4.39 Å². The number of alkyl halides is 2. The maximum atomic E-state index is 15.6. The molecule has 2 aromatic heterocycles. The number of imidazole rings is 1. The molecule has 17 heteroatoms. The van der Waals surface area contributed by atoms with Crippen LogP contribution in [0, 0.1) is 0 Å². The van der Waals surface area contributed by atoms with Gasteiger partial charge in [0, 0.05) is 0 Å². The summed E-state index contributed by atoms with van der Waals surface area (Å²) in [6, 6.07) is 6.88. The molecular formula is C22H26Cl2FN6O7P. The zero-order chi connectivity index (χ0) is 28.5. The molecule has 13 nitrogen and oxygen atoms in total. The van der Waals surface area contributed by atoms with Crippen molar-refractivity contribution in [3.63, 3.8) is 0 Å². The van der Waals surface area contributed by atoms with Gasteiger partial charge in [0.1, 0.15) is 29.5 Å². The molecule has 4 N–H and O–H groups in total. The van der Waals surface area contributed by atoms with Crippen LogP contribution in [0.25, 0.3) is 11.2 Å². The van der Waals surface area contributed by atoms with Crippen LogP contribution in [0.3, 0.4) is 0 Å². The number of fused-ring (bicyclic) bond motifs is 1. The van der Waals surface area contributed by atoms with Gasteiger partial charge in [-0.2, -0.15) is 15.1 Å². The highest BCUT2D eigenvalue weighted by atomic mass is 35.5. The molecule has 1 aromatic carbocycles. The Kier molecular flexibility index (Phi) is 8.67. The van der Waals surface area contributed by atoms with Gasteiger partial charge in [-0.05, 0) is 32.9 Å². The van der Waals surface area contributed by atoms with Crippen LogP contribution in [0.1, 0.15) is 27.0 Å². The molecule has 1 saturated heterocycles. The van der Waals surface area contributed by atoms with Crippen LogP contribution in [0.4, 0.5) is 10.3 Å². The van der Waals surface area contributed by atoms with Crippen molar-refractivity contribution < 1.29 is 37.4 Å². The number of halogens is 3. The first-order valence-corrected chi connectivity index (χ1v) is 13.9. The van der Waals surface area contributed by atoms with E-state index in [1.807, 2.05) is 0 Å². The van der Waals surface area contributed by atoms with Crippen LogP contribution < -0.4 is 15.3 Å². The summed E-state index contributed by atoms with van der Waals surface area (Å²) >= 11 is 12.1. The first-order chi connectivity index (χ1) is 18.3. The normalized spacial score (nSPS) is 25.5. The van der Waals surface area contributed by atoms with Crippen molar-refractivity contribution in [3.05, 3.63) is 41.8 Å². The number of rotatable bonds is 10. The van der Waals surface area contributed by atoms with Crippen LogP contribution in [0.15, 0.2) is 36.7 Å². The standard InChI is InChI=1S/C22H26Cl2FN6O7P/c1-11(2)36-19(33)12(3)30-39(34,38-13-7-5-4-6-8-13)35-9-14-16(32)22(24,25)20(37-14)31-10-27-15-17(23)28-21(26)29-18(15)31/h4-8,10-12,14,16,20,32H,9H2,1-3H3,(H,30,34)(H2,26,28,29)/t12-,14+,16-,20+,22?,39?/m0/s1. The summed E-state index contributed by atoms with van der Waals surface area (Å²) in [5.74, 6) is -0.764. The number of anilines is 1. The van der Waals surface area contributed by atoms with Crippen LogP contribution in [-0.4, -0.2) is 66.7 Å². The van der Waals surface area contributed by atoms with Gasteiger partial charge in [-0.1, -0.05) is 41.4 Å². The number of hydrogen-bond acceptors (Lipinski definition) is 11. The number of esters is 1. The number of nitrogens with zero attached hydrogens (tertiary/aromatic N) is 4. The lowest BCUT2D eigenvalue weighted by molar-refractivity contribution is -0.149. The van der Waals surface area contributed by atoms with E-state index in [2.05, 4.69) is 20.0 Å². The lowest BCUT2D eigenvalue weighted by atomic mass is 10.1. The highest BCUT2D eigenvalue weighted by molar-refractivity contribution is 7.52. The predicted molar refractivity (Wildman–Crippen MR) is 139 cm³/mol. The minimum atomic E-state index is -4.33. The molecule has 39 heavy (non-hydrogen) atoms. The maximum absolute atomic E-state index is 15.6. The average molecular weight is 607 g/mol. The van der Waals surface area contributed by atoms with E-state index in [9.17, 15) is 14.5 Å². The number of carbonyl (C=O) groups is 1. The highest BCUT2D eigenvalue weighted by Crippen LogP contribution is 2.49. The molecule has 1 fully saturated rings. The van der Waals surface area contributed by atoms with Gasteiger partial charge in [-0.25, -0.2) is 13.9 Å². The average Bonchev–Trinajstić information content (AvgIpc) is 3.36. The Morgan fingerprint density at radius 2 is 2.03 bits per heavy atom. The molecular weight excluding hydrogens is 581 g/mol. The van der Waals surface area contributed by atoms with Crippen LogP contribution in [0.5, 0.6) is 5.75 Å². The Balaban J connectivity index is 1.55. The summed E-state index contributed by atoms with van der Waals surface area (Å²) in [6.45, 7) is 4.05. The van der Waals surface area contributed by atoms with Gasteiger partial charge in [-0.3, -0.25) is 13.9 Å². The Morgan fingerprint density at radius 1 is 1.33 bits per heavy atom. The Labute approximate surface area is 232 Å². The Morgan fingerprint density at radius 3 is 2.69 bits per heavy atom. The van der Waals surface area contributed by atoms with Crippen LogP contribution >= 0.6 is 30.9 Å². The van der Waals surface area contributed by atoms with Crippen LogP contribution in [-0.2, 0) is 23.4 Å². The predicted octanol–water partition coefficient (Wildman–Crippen LogP) is 3.36. The highest BCUT2D eigenvalue weighted by Gasteiger charge is 2.58. The van der Waals surface area contributed by atoms with Crippen molar-refractivity contribution in [3.8, 4) is 5.75 Å². The molecule has 3 aromatic rings. The molecule has 2 unspecified atom stereocenters. The van der Waals surface area contributed by atoms with Gasteiger partial charge in [0.15, 0.2) is 17.0 Å². The second kappa shape index (κ2) is 11.5. The molecule has 6 atom stereocenters. The number of hydrogen-bond donors (Lipinski definition) is 3. The summed E-state index contributed by atoms with van der Waals surface area (Å²) in [7, 11) is -4.33. The summed E-state index contributed by atoms with van der Waals surface area (Å²) < 4.78 is 52.3. The van der Waals surface area contributed by atoms with E-state index < -0.39 is 56.0 Å². The quantitative estimate of drug-likeness (QED) is 0.133. The van der Waals surface area contributed by atoms with Crippen LogP contribution in [0.2, 0.25) is 5.15 Å². The summed E-state index contributed by atoms with van der Waals surface area (Å²) in [4.78, 5) is 24.1. The number of nitrogen functional groups attached to an aromatic ring is 1. The maximum Gasteiger partial charge on any atom is 0.459 e. The second-order valence-electron chi connectivity index (χ2n) is 8.88. The number of nitrogens with one attached hydrogen (secondary N) is 1. The fraction of sp³-hybridized carbons (Fsp3) is 0.455. The number of nitrogens with two attached hydrogens (primary N) is 1. The van der Waals surface area contributed by atoms with Crippen molar-refractivity contribution in [2.45, 2.75) is 56.5 Å². The van der Waals surface area contributed by atoms with Gasteiger partial charge in [0.05, 0.1) is 19.0 Å². The Hall–Kier alpha value is -2.58. The van der Waals surface area contributed by atoms with Crippen molar-refractivity contribution in [2.75, 3.05) is 12.3 Å². The van der Waals surface area contributed by atoms with Gasteiger partial charge in [0.2, 0.25) is 5.95 Å². The fourth-order valence-corrected chi connectivity index (χ4v) is 5.70. The number of aromatic nitrogens is 4. The van der Waals surface area contributed by atoms with E-state index in [1.54, 1.807) is 32.0 Å². The molecule has 0 saturated carbocycles. The first-order valence-electron chi connectivity index (χ1n) is 11.6. The number of aliphatic hydroxyl groups is 1. The van der Waals surface area contributed by atoms with E-state index in [-0.39, 0.29) is 28.0 Å². The van der Waals surface area contributed by atoms with Crippen molar-refractivity contribution >= 4 is 54.0 Å². The molecule has 0 aliphatic carbocycles. The third-order valence-electron chi connectivity index (χ3n) is 5.46. The minimum Gasteiger partial charge on any atom is -0.462 e. The minimum absolute atomic E-state index is 0.00572. The molecule has 1 aliphatic heterocycles. The topological polar surface area (TPSA) is 173 Å². The molecule has 3 heterocycles. The molecule has 0 spiro atoms.